The first kappa shape index (κ1) is 25.3. The molecular weight excluding hydrogens is 516 g/mol. The molecule has 1 aliphatic carbocycles. The molecule has 41 heavy (non-hydrogen) atoms. The molecule has 208 valence electrons. The van der Waals surface area contributed by atoms with E-state index >= 15 is 0 Å². The van der Waals surface area contributed by atoms with Gasteiger partial charge in [-0.15, -0.1) is 0 Å². The summed E-state index contributed by atoms with van der Waals surface area (Å²) >= 11 is 0. The van der Waals surface area contributed by atoms with Crippen LogP contribution in [0.4, 0.5) is 17.3 Å². The van der Waals surface area contributed by atoms with E-state index in [0.29, 0.717) is 24.5 Å². The molecule has 0 spiro atoms. The van der Waals surface area contributed by atoms with Crippen LogP contribution in [0.25, 0.3) is 16.9 Å². The summed E-state index contributed by atoms with van der Waals surface area (Å²) in [5.41, 5.74) is 7.27. The fourth-order valence-corrected chi connectivity index (χ4v) is 6.36. The van der Waals surface area contributed by atoms with Gasteiger partial charge < -0.3 is 18.9 Å². The van der Waals surface area contributed by atoms with E-state index in [0.717, 1.165) is 47.5 Å². The Balaban J connectivity index is 1.25. The lowest BCUT2D eigenvalue weighted by atomic mass is 9.90. The molecule has 10 nitrogen and oxygen atoms in total. The Bertz CT molecular complexity index is 1910. The molecule has 2 aliphatic rings. The van der Waals surface area contributed by atoms with E-state index in [1.807, 2.05) is 35.0 Å². The van der Waals surface area contributed by atoms with Crippen LogP contribution < -0.4 is 15.8 Å². The number of amides is 1. The molecule has 6 heterocycles. The molecular formula is C31H32N8O2. The smallest absolute Gasteiger partial charge is 0.293 e. The molecule has 0 radical (unpaired) electrons. The first-order valence-electron chi connectivity index (χ1n) is 14.0. The van der Waals surface area contributed by atoms with Crippen molar-refractivity contribution in [1.82, 2.24) is 28.5 Å². The predicted molar refractivity (Wildman–Crippen MR) is 158 cm³/mol. The highest BCUT2D eigenvalue weighted by Gasteiger charge is 2.37. The van der Waals surface area contributed by atoms with Crippen LogP contribution in [0.15, 0.2) is 60.0 Å². The van der Waals surface area contributed by atoms with Gasteiger partial charge in [0.05, 0.1) is 11.4 Å². The maximum atomic E-state index is 13.8. The number of anilines is 3. The SMILES string of the molecule is CCc1c(-c2cn(C)c(=O)c(Nc3ccc4nccn4c3)n2)ccnc1N1CCn2c(cc3c2CC(C)(C)C3)C1=O. The minimum Gasteiger partial charge on any atom is -0.339 e. The van der Waals surface area contributed by atoms with E-state index in [-0.39, 0.29) is 22.7 Å². The number of hydrogen-bond donors (Lipinski definition) is 1. The Morgan fingerprint density at radius 1 is 1.02 bits per heavy atom. The number of aromatic nitrogens is 6. The maximum Gasteiger partial charge on any atom is 0.293 e. The van der Waals surface area contributed by atoms with Crippen LogP contribution in [0.1, 0.15) is 48.1 Å². The third kappa shape index (κ3) is 4.13. The maximum absolute atomic E-state index is 13.8. The molecule has 1 aliphatic heterocycles. The van der Waals surface area contributed by atoms with Gasteiger partial charge in [-0.05, 0) is 54.5 Å². The number of nitrogens with one attached hydrogen (secondary N) is 1. The van der Waals surface area contributed by atoms with Crippen LogP contribution in [0.2, 0.25) is 0 Å². The van der Waals surface area contributed by atoms with Crippen molar-refractivity contribution in [2.45, 2.75) is 46.6 Å². The summed E-state index contributed by atoms with van der Waals surface area (Å²) in [7, 11) is 1.72. The first-order valence-corrected chi connectivity index (χ1v) is 14.0. The first-order chi connectivity index (χ1) is 19.7. The van der Waals surface area contributed by atoms with Gasteiger partial charge in [-0.2, -0.15) is 0 Å². The molecule has 0 saturated carbocycles. The van der Waals surface area contributed by atoms with E-state index < -0.39 is 0 Å². The third-order valence-electron chi connectivity index (χ3n) is 8.27. The number of rotatable bonds is 5. The van der Waals surface area contributed by atoms with Gasteiger partial charge in [0.15, 0.2) is 5.82 Å². The quantitative estimate of drug-likeness (QED) is 0.350. The molecule has 10 heteroatoms. The van der Waals surface area contributed by atoms with Crippen LogP contribution in [0.5, 0.6) is 0 Å². The highest BCUT2D eigenvalue weighted by Crippen LogP contribution is 2.40. The number of hydrogen-bond acceptors (Lipinski definition) is 6. The number of nitrogens with zero attached hydrogens (tertiary/aromatic N) is 7. The predicted octanol–water partition coefficient (Wildman–Crippen LogP) is 4.38. The Kier molecular flexibility index (Phi) is 5.64. The zero-order chi connectivity index (χ0) is 28.5. The van der Waals surface area contributed by atoms with Crippen LogP contribution in [0, 0.1) is 5.41 Å². The van der Waals surface area contributed by atoms with Crippen molar-refractivity contribution in [3.8, 4) is 11.3 Å². The number of carbonyl (C=O) groups is 1. The highest BCUT2D eigenvalue weighted by atomic mass is 16.2. The average molecular weight is 549 g/mol. The highest BCUT2D eigenvalue weighted by molar-refractivity contribution is 6.06. The molecule has 0 aromatic carbocycles. The zero-order valence-corrected chi connectivity index (χ0v) is 23.7. The van der Waals surface area contributed by atoms with Crippen molar-refractivity contribution >= 4 is 28.9 Å². The normalized spacial score (nSPS) is 15.8. The molecule has 0 bridgehead atoms. The van der Waals surface area contributed by atoms with Gasteiger partial charge in [-0.25, -0.2) is 15.0 Å². The van der Waals surface area contributed by atoms with Gasteiger partial charge >= 0.3 is 0 Å². The topological polar surface area (TPSA) is 102 Å². The lowest BCUT2D eigenvalue weighted by Gasteiger charge is -2.31. The lowest BCUT2D eigenvalue weighted by Crippen LogP contribution is -2.41. The fraction of sp³-hybridized carbons (Fsp3) is 0.323. The summed E-state index contributed by atoms with van der Waals surface area (Å²) in [5.74, 6) is 0.848. The monoisotopic (exact) mass is 548 g/mol. The van der Waals surface area contributed by atoms with Crippen LogP contribution in [-0.2, 0) is 32.9 Å². The molecule has 0 atom stereocenters. The van der Waals surface area contributed by atoms with Gasteiger partial charge in [-0.1, -0.05) is 20.8 Å². The van der Waals surface area contributed by atoms with Crippen molar-refractivity contribution in [2.75, 3.05) is 16.8 Å². The summed E-state index contributed by atoms with van der Waals surface area (Å²) in [6.07, 6.45) is 11.5. The van der Waals surface area contributed by atoms with Crippen LogP contribution in [0.3, 0.4) is 0 Å². The van der Waals surface area contributed by atoms with Gasteiger partial charge in [-0.3, -0.25) is 14.5 Å². The van der Waals surface area contributed by atoms with Crippen molar-refractivity contribution in [3.63, 3.8) is 0 Å². The van der Waals surface area contributed by atoms with Gasteiger partial charge in [0, 0.05) is 67.9 Å². The molecule has 5 aromatic rings. The summed E-state index contributed by atoms with van der Waals surface area (Å²) < 4.78 is 5.62. The summed E-state index contributed by atoms with van der Waals surface area (Å²) in [5, 5.41) is 3.19. The molecule has 0 unspecified atom stereocenters. The largest absolute Gasteiger partial charge is 0.339 e. The lowest BCUT2D eigenvalue weighted by molar-refractivity contribution is 0.0963. The fourth-order valence-electron chi connectivity index (χ4n) is 6.36. The number of carbonyl (C=O) groups excluding carboxylic acids is 1. The molecule has 0 fully saturated rings. The minimum atomic E-state index is -0.241. The van der Waals surface area contributed by atoms with E-state index in [2.05, 4.69) is 41.7 Å². The second-order valence-electron chi connectivity index (χ2n) is 11.8. The molecule has 7 rings (SSSR count). The van der Waals surface area contributed by atoms with Crippen molar-refractivity contribution in [1.29, 1.82) is 0 Å². The summed E-state index contributed by atoms with van der Waals surface area (Å²) in [4.78, 5) is 42.4. The Morgan fingerprint density at radius 2 is 1.88 bits per heavy atom. The van der Waals surface area contributed by atoms with Gasteiger partial charge in [0.2, 0.25) is 0 Å². The van der Waals surface area contributed by atoms with Crippen LogP contribution >= 0.6 is 0 Å². The Labute approximate surface area is 237 Å². The van der Waals surface area contributed by atoms with Crippen LogP contribution in [-0.4, -0.2) is 40.9 Å². The van der Waals surface area contributed by atoms with E-state index in [9.17, 15) is 9.59 Å². The number of imidazole rings is 1. The van der Waals surface area contributed by atoms with E-state index in [4.69, 9.17) is 9.97 Å². The van der Waals surface area contributed by atoms with Crippen molar-refractivity contribution in [2.24, 2.45) is 12.5 Å². The second-order valence-corrected chi connectivity index (χ2v) is 11.8. The number of pyridine rings is 2. The minimum absolute atomic E-state index is 0.0199. The average Bonchev–Trinajstić information content (AvgIpc) is 3.63. The summed E-state index contributed by atoms with van der Waals surface area (Å²) in [6, 6.07) is 7.74. The molecule has 5 aromatic heterocycles. The van der Waals surface area contributed by atoms with E-state index in [1.54, 1.807) is 30.5 Å². The Morgan fingerprint density at radius 3 is 2.71 bits per heavy atom. The van der Waals surface area contributed by atoms with E-state index in [1.165, 1.54) is 15.8 Å². The molecule has 1 amide bonds. The second kappa shape index (κ2) is 9.15. The van der Waals surface area contributed by atoms with Gasteiger partial charge in [0.25, 0.3) is 11.5 Å². The molecule has 0 saturated heterocycles. The standard InChI is InChI=1S/C31H32N8O2/c1-5-21-22(23-18-36(4)30(41)27(35-23)34-20-6-7-26-32-10-11-37(26)17-20)8-9-33-28(21)39-13-12-38-24(29(39)40)14-19-15-31(2,3)16-25(19)38/h6-11,14,17-18H,5,12-13,15-16H2,1-4H3,(H,34,35). The molecule has 1 N–H and O–H groups in total. The number of fused-ring (bicyclic) bond motifs is 4. The van der Waals surface area contributed by atoms with Gasteiger partial charge in [0.1, 0.15) is 17.2 Å². The van der Waals surface area contributed by atoms with Crippen molar-refractivity contribution < 1.29 is 4.79 Å². The summed E-state index contributed by atoms with van der Waals surface area (Å²) in [6.45, 7) is 7.92. The zero-order valence-electron chi connectivity index (χ0n) is 23.7. The third-order valence-corrected chi connectivity index (χ3v) is 8.27. The van der Waals surface area contributed by atoms with Crippen molar-refractivity contribution in [3.05, 3.63) is 88.1 Å². The Hall–Kier alpha value is -4.73. The number of aryl methyl sites for hydroxylation is 1.